The lowest BCUT2D eigenvalue weighted by Gasteiger charge is -2.06. The Bertz CT molecular complexity index is 561. The van der Waals surface area contributed by atoms with E-state index >= 15 is 0 Å². The third-order valence-electron chi connectivity index (χ3n) is 2.70. The molecular weight excluding hydrogens is 222 g/mol. The third kappa shape index (κ3) is 2.92. The molecule has 0 amide bonds. The van der Waals surface area contributed by atoms with E-state index in [1.165, 1.54) is 0 Å². The van der Waals surface area contributed by atoms with Crippen molar-refractivity contribution in [3.8, 4) is 12.3 Å². The first kappa shape index (κ1) is 12.3. The number of terminal acetylenes is 1. The van der Waals surface area contributed by atoms with Crippen molar-refractivity contribution in [1.29, 1.82) is 0 Å². The maximum absolute atomic E-state index is 5.37. The molecule has 2 aromatic rings. The molecule has 0 atom stereocenters. The van der Waals surface area contributed by atoms with Crippen molar-refractivity contribution in [2.24, 2.45) is 0 Å². The highest BCUT2D eigenvalue weighted by atomic mass is 15.3. The predicted octanol–water partition coefficient (Wildman–Crippen LogP) is 3.06. The van der Waals surface area contributed by atoms with Crippen molar-refractivity contribution in [1.82, 2.24) is 9.78 Å². The van der Waals surface area contributed by atoms with Gasteiger partial charge in [-0.05, 0) is 38.1 Å². The number of hydrogen-bond donors (Lipinski definition) is 1. The number of anilines is 1. The monoisotopic (exact) mass is 239 g/mol. The second-order valence-corrected chi connectivity index (χ2v) is 4.46. The van der Waals surface area contributed by atoms with Gasteiger partial charge in [0.05, 0.1) is 12.2 Å². The van der Waals surface area contributed by atoms with E-state index in [1.54, 1.807) is 0 Å². The fraction of sp³-hybridized carbons (Fsp3) is 0.267. The highest BCUT2D eigenvalue weighted by molar-refractivity contribution is 5.50. The molecule has 2 rings (SSSR count). The molecule has 0 radical (unpaired) electrons. The molecule has 0 spiro atoms. The second kappa shape index (κ2) is 5.42. The Kier molecular flexibility index (Phi) is 3.69. The Morgan fingerprint density at radius 1 is 1.39 bits per heavy atom. The van der Waals surface area contributed by atoms with Crippen LogP contribution in [-0.2, 0) is 6.54 Å². The van der Waals surface area contributed by atoms with Crippen LogP contribution in [0.25, 0.3) is 0 Å². The lowest BCUT2D eigenvalue weighted by atomic mass is 10.2. The fourth-order valence-corrected chi connectivity index (χ4v) is 1.67. The largest absolute Gasteiger partial charge is 0.379 e. The summed E-state index contributed by atoms with van der Waals surface area (Å²) in [5.74, 6) is 2.62. The van der Waals surface area contributed by atoms with Crippen LogP contribution in [0.2, 0.25) is 0 Å². The van der Waals surface area contributed by atoms with E-state index in [9.17, 15) is 0 Å². The number of nitrogens with zero attached hydrogens (tertiary/aromatic N) is 2. The van der Waals surface area contributed by atoms with Crippen molar-refractivity contribution in [3.63, 3.8) is 0 Å². The molecule has 0 bridgehead atoms. The summed E-state index contributed by atoms with van der Waals surface area (Å²) in [4.78, 5) is 0. The average Bonchev–Trinajstić information content (AvgIpc) is 2.85. The molecule has 0 fully saturated rings. The molecule has 3 nitrogen and oxygen atoms in total. The van der Waals surface area contributed by atoms with E-state index in [1.807, 2.05) is 41.2 Å². The number of rotatable bonds is 4. The van der Waals surface area contributed by atoms with Gasteiger partial charge in [0.15, 0.2) is 0 Å². The smallest absolute Gasteiger partial charge is 0.0815 e. The molecule has 92 valence electrons. The molecule has 0 aliphatic rings. The van der Waals surface area contributed by atoms with Crippen LogP contribution < -0.4 is 5.32 Å². The van der Waals surface area contributed by atoms with Gasteiger partial charge in [-0.1, -0.05) is 12.0 Å². The standard InChI is InChI=1S/C15H17N3/c1-4-13-6-5-7-14(10-13)16-11-15-8-9-18(17-15)12(2)3/h1,5-10,12,16H,11H2,2-3H3. The van der Waals surface area contributed by atoms with Crippen LogP contribution in [0, 0.1) is 12.3 Å². The molecule has 1 aromatic heterocycles. The van der Waals surface area contributed by atoms with Gasteiger partial charge >= 0.3 is 0 Å². The second-order valence-electron chi connectivity index (χ2n) is 4.46. The molecule has 1 heterocycles. The Morgan fingerprint density at radius 2 is 2.22 bits per heavy atom. The summed E-state index contributed by atoms with van der Waals surface area (Å²) in [6.07, 6.45) is 7.37. The summed E-state index contributed by atoms with van der Waals surface area (Å²) in [7, 11) is 0. The van der Waals surface area contributed by atoms with Crippen molar-refractivity contribution >= 4 is 5.69 Å². The highest BCUT2D eigenvalue weighted by Gasteiger charge is 2.01. The molecule has 1 N–H and O–H groups in total. The van der Waals surface area contributed by atoms with Crippen LogP contribution in [0.1, 0.15) is 31.1 Å². The van der Waals surface area contributed by atoms with Crippen LogP contribution in [0.5, 0.6) is 0 Å². The topological polar surface area (TPSA) is 29.9 Å². The number of hydrogen-bond acceptors (Lipinski definition) is 2. The number of nitrogens with one attached hydrogen (secondary N) is 1. The first-order valence-electron chi connectivity index (χ1n) is 6.03. The van der Waals surface area contributed by atoms with E-state index in [0.717, 1.165) is 16.9 Å². The van der Waals surface area contributed by atoms with Crippen LogP contribution in [0.3, 0.4) is 0 Å². The average molecular weight is 239 g/mol. The van der Waals surface area contributed by atoms with Crippen molar-refractivity contribution in [2.75, 3.05) is 5.32 Å². The van der Waals surface area contributed by atoms with E-state index in [-0.39, 0.29) is 0 Å². The molecule has 1 aromatic carbocycles. The zero-order valence-electron chi connectivity index (χ0n) is 10.7. The molecule has 0 saturated heterocycles. The molecule has 0 unspecified atom stereocenters. The maximum Gasteiger partial charge on any atom is 0.0815 e. The van der Waals surface area contributed by atoms with Gasteiger partial charge in [0.1, 0.15) is 0 Å². The third-order valence-corrected chi connectivity index (χ3v) is 2.70. The molecule has 0 saturated carbocycles. The SMILES string of the molecule is C#Cc1cccc(NCc2ccn(C(C)C)n2)c1. The van der Waals surface area contributed by atoms with Crippen LogP contribution >= 0.6 is 0 Å². The van der Waals surface area contributed by atoms with Gasteiger partial charge < -0.3 is 5.32 Å². The van der Waals surface area contributed by atoms with Gasteiger partial charge in [0.25, 0.3) is 0 Å². The quantitative estimate of drug-likeness (QED) is 0.831. The van der Waals surface area contributed by atoms with Gasteiger partial charge in [0.2, 0.25) is 0 Å². The minimum atomic E-state index is 0.392. The minimum absolute atomic E-state index is 0.392. The Morgan fingerprint density at radius 3 is 2.89 bits per heavy atom. The van der Waals surface area contributed by atoms with E-state index < -0.39 is 0 Å². The zero-order valence-corrected chi connectivity index (χ0v) is 10.7. The first-order chi connectivity index (χ1) is 8.69. The van der Waals surface area contributed by atoms with Gasteiger partial charge in [-0.2, -0.15) is 5.10 Å². The summed E-state index contributed by atoms with van der Waals surface area (Å²) < 4.78 is 1.95. The van der Waals surface area contributed by atoms with E-state index in [0.29, 0.717) is 12.6 Å². The van der Waals surface area contributed by atoms with Gasteiger partial charge in [-0.3, -0.25) is 4.68 Å². The molecule has 0 aliphatic carbocycles. The number of aromatic nitrogens is 2. The molecule has 3 heteroatoms. The zero-order chi connectivity index (χ0) is 13.0. The molecular formula is C15H17N3. The van der Waals surface area contributed by atoms with Crippen molar-refractivity contribution in [2.45, 2.75) is 26.4 Å². The summed E-state index contributed by atoms with van der Waals surface area (Å²) in [5.41, 5.74) is 2.92. The lowest BCUT2D eigenvalue weighted by Crippen LogP contribution is -2.04. The molecule has 18 heavy (non-hydrogen) atoms. The van der Waals surface area contributed by atoms with E-state index in [4.69, 9.17) is 6.42 Å². The fourth-order valence-electron chi connectivity index (χ4n) is 1.67. The van der Waals surface area contributed by atoms with Gasteiger partial charge in [-0.15, -0.1) is 6.42 Å². The molecule has 0 aliphatic heterocycles. The summed E-state index contributed by atoms with van der Waals surface area (Å²) in [6, 6.07) is 10.2. The Balaban J connectivity index is 2.00. The van der Waals surface area contributed by atoms with Gasteiger partial charge in [-0.25, -0.2) is 0 Å². The normalized spacial score (nSPS) is 10.3. The lowest BCUT2D eigenvalue weighted by molar-refractivity contribution is 0.527. The highest BCUT2D eigenvalue weighted by Crippen LogP contribution is 2.11. The predicted molar refractivity (Wildman–Crippen MR) is 74.3 cm³/mol. The Hall–Kier alpha value is -2.21. The maximum atomic E-state index is 5.37. The van der Waals surface area contributed by atoms with Crippen LogP contribution in [0.15, 0.2) is 36.5 Å². The summed E-state index contributed by atoms with van der Waals surface area (Å²) in [6.45, 7) is 4.93. The van der Waals surface area contributed by atoms with Gasteiger partial charge in [0, 0.05) is 23.5 Å². The van der Waals surface area contributed by atoms with E-state index in [2.05, 4.69) is 30.2 Å². The number of benzene rings is 1. The summed E-state index contributed by atoms with van der Waals surface area (Å²) >= 11 is 0. The first-order valence-corrected chi connectivity index (χ1v) is 6.03. The van der Waals surface area contributed by atoms with Crippen LogP contribution in [-0.4, -0.2) is 9.78 Å². The van der Waals surface area contributed by atoms with Crippen molar-refractivity contribution in [3.05, 3.63) is 47.8 Å². The minimum Gasteiger partial charge on any atom is -0.379 e. The van der Waals surface area contributed by atoms with Crippen LogP contribution in [0.4, 0.5) is 5.69 Å². The Labute approximate surface area is 108 Å². The van der Waals surface area contributed by atoms with Crippen molar-refractivity contribution < 1.29 is 0 Å². The summed E-state index contributed by atoms with van der Waals surface area (Å²) in [5, 5.41) is 7.80.